The summed E-state index contributed by atoms with van der Waals surface area (Å²) in [5.74, 6) is 0.326. The highest BCUT2D eigenvalue weighted by atomic mass is 127. The van der Waals surface area contributed by atoms with Crippen molar-refractivity contribution in [2.45, 2.75) is 6.61 Å². The molecule has 2 aromatic carbocycles. The topological polar surface area (TPSA) is 52.4 Å². The number of nitro groups is 1. The summed E-state index contributed by atoms with van der Waals surface area (Å²) in [6, 6.07) is 14.4. The highest BCUT2D eigenvalue weighted by Gasteiger charge is 2.17. The Balaban J connectivity index is 2.21. The van der Waals surface area contributed by atoms with Gasteiger partial charge in [-0.05, 0) is 34.2 Å². The molecule has 0 aliphatic rings. The molecule has 0 heterocycles. The van der Waals surface area contributed by atoms with E-state index < -0.39 is 4.92 Å². The van der Waals surface area contributed by atoms with Gasteiger partial charge in [0.2, 0.25) is 5.75 Å². The van der Waals surface area contributed by atoms with E-state index in [0.29, 0.717) is 12.4 Å². The summed E-state index contributed by atoms with van der Waals surface area (Å²) in [7, 11) is 0. The summed E-state index contributed by atoms with van der Waals surface area (Å²) in [4.78, 5) is 10.5. The molecule has 0 aromatic heterocycles. The maximum absolute atomic E-state index is 10.9. The maximum Gasteiger partial charge on any atom is 0.312 e. The van der Waals surface area contributed by atoms with Crippen LogP contribution in [0.5, 0.6) is 5.75 Å². The number of para-hydroxylation sites is 1. The Morgan fingerprint density at radius 2 is 1.83 bits per heavy atom. The van der Waals surface area contributed by atoms with Crippen molar-refractivity contribution in [1.29, 1.82) is 0 Å². The van der Waals surface area contributed by atoms with Gasteiger partial charge in [-0.3, -0.25) is 10.1 Å². The van der Waals surface area contributed by atoms with E-state index in [1.807, 2.05) is 52.9 Å². The summed E-state index contributed by atoms with van der Waals surface area (Å²) in [5, 5.41) is 10.9. The van der Waals surface area contributed by atoms with Gasteiger partial charge in [0.1, 0.15) is 6.61 Å². The molecule has 0 aliphatic carbocycles. The first-order valence-corrected chi connectivity index (χ1v) is 6.36. The predicted octanol–water partition coefficient (Wildman–Crippen LogP) is 3.78. The van der Waals surface area contributed by atoms with Crippen LogP contribution in [-0.4, -0.2) is 4.92 Å². The molecular weight excluding hydrogens is 345 g/mol. The van der Waals surface area contributed by atoms with Gasteiger partial charge in [0.05, 0.1) is 8.49 Å². The zero-order valence-corrected chi connectivity index (χ0v) is 11.5. The number of rotatable bonds is 4. The molecule has 0 aliphatic heterocycles. The van der Waals surface area contributed by atoms with Crippen LogP contribution in [0.15, 0.2) is 48.5 Å². The van der Waals surface area contributed by atoms with Gasteiger partial charge in [0, 0.05) is 6.07 Å². The quantitative estimate of drug-likeness (QED) is 0.477. The second-order valence-electron chi connectivity index (χ2n) is 3.62. The van der Waals surface area contributed by atoms with Gasteiger partial charge in [-0.1, -0.05) is 36.4 Å². The van der Waals surface area contributed by atoms with E-state index in [0.717, 1.165) is 9.13 Å². The lowest BCUT2D eigenvalue weighted by Gasteiger charge is -2.08. The molecule has 0 amide bonds. The minimum Gasteiger partial charge on any atom is -0.481 e. The van der Waals surface area contributed by atoms with Gasteiger partial charge in [-0.2, -0.15) is 0 Å². The van der Waals surface area contributed by atoms with E-state index in [1.165, 1.54) is 6.07 Å². The van der Waals surface area contributed by atoms with E-state index in [-0.39, 0.29) is 5.69 Å². The third-order valence-electron chi connectivity index (χ3n) is 2.37. The lowest BCUT2D eigenvalue weighted by molar-refractivity contribution is -0.386. The molecule has 5 heteroatoms. The van der Waals surface area contributed by atoms with Crippen LogP contribution >= 0.6 is 22.6 Å². The fourth-order valence-electron chi connectivity index (χ4n) is 1.51. The first-order chi connectivity index (χ1) is 8.68. The molecular formula is C13H10INO3. The molecule has 0 unspecified atom stereocenters. The minimum atomic E-state index is -0.428. The van der Waals surface area contributed by atoms with Crippen LogP contribution in [0.2, 0.25) is 0 Å². The van der Waals surface area contributed by atoms with Crippen LogP contribution in [-0.2, 0) is 6.61 Å². The Hall–Kier alpha value is -1.63. The first kappa shape index (κ1) is 12.8. The lowest BCUT2D eigenvalue weighted by atomic mass is 10.2. The zero-order valence-electron chi connectivity index (χ0n) is 9.38. The number of nitro benzene ring substituents is 1. The van der Waals surface area contributed by atoms with E-state index >= 15 is 0 Å². The number of ether oxygens (including phenoxy) is 1. The van der Waals surface area contributed by atoms with Crippen LogP contribution in [0.3, 0.4) is 0 Å². The summed E-state index contributed by atoms with van der Waals surface area (Å²) < 4.78 is 6.30. The van der Waals surface area contributed by atoms with E-state index in [9.17, 15) is 10.1 Å². The molecule has 0 spiro atoms. The minimum absolute atomic E-state index is 0.00201. The van der Waals surface area contributed by atoms with Crippen molar-refractivity contribution in [1.82, 2.24) is 0 Å². The van der Waals surface area contributed by atoms with Crippen LogP contribution in [0.4, 0.5) is 5.69 Å². The van der Waals surface area contributed by atoms with Gasteiger partial charge in [-0.15, -0.1) is 0 Å². The number of nitrogens with zero attached hydrogens (tertiary/aromatic N) is 1. The summed E-state index contributed by atoms with van der Waals surface area (Å²) in [6.45, 7) is 0.321. The molecule has 0 bridgehead atoms. The van der Waals surface area contributed by atoms with Crippen molar-refractivity contribution >= 4 is 28.3 Å². The van der Waals surface area contributed by atoms with E-state index in [1.54, 1.807) is 12.1 Å². The lowest BCUT2D eigenvalue weighted by Crippen LogP contribution is -2.00. The number of hydrogen-bond acceptors (Lipinski definition) is 3. The normalized spacial score (nSPS) is 10.1. The third kappa shape index (κ3) is 2.98. The van der Waals surface area contributed by atoms with Gasteiger partial charge < -0.3 is 4.74 Å². The molecule has 2 aromatic rings. The van der Waals surface area contributed by atoms with Crippen LogP contribution in [0.25, 0.3) is 0 Å². The zero-order chi connectivity index (χ0) is 13.0. The van der Waals surface area contributed by atoms with E-state index in [4.69, 9.17) is 4.74 Å². The van der Waals surface area contributed by atoms with Crippen molar-refractivity contribution in [2.75, 3.05) is 0 Å². The average molecular weight is 355 g/mol. The van der Waals surface area contributed by atoms with Crippen molar-refractivity contribution in [3.05, 3.63) is 67.8 Å². The molecule has 0 N–H and O–H groups in total. The fraction of sp³-hybridized carbons (Fsp3) is 0.0769. The second kappa shape index (κ2) is 5.81. The van der Waals surface area contributed by atoms with Gasteiger partial charge in [-0.25, -0.2) is 0 Å². The average Bonchev–Trinajstić information content (AvgIpc) is 2.38. The molecule has 0 fully saturated rings. The number of benzene rings is 2. The number of hydrogen-bond donors (Lipinski definition) is 0. The van der Waals surface area contributed by atoms with Crippen molar-refractivity contribution in [2.24, 2.45) is 0 Å². The Morgan fingerprint density at radius 3 is 2.50 bits per heavy atom. The van der Waals surface area contributed by atoms with Gasteiger partial charge >= 0.3 is 5.69 Å². The number of halogens is 1. The summed E-state index contributed by atoms with van der Waals surface area (Å²) >= 11 is 2.03. The van der Waals surface area contributed by atoms with Gasteiger partial charge in [0.25, 0.3) is 0 Å². The van der Waals surface area contributed by atoms with Crippen molar-refractivity contribution in [3.8, 4) is 5.75 Å². The molecule has 0 radical (unpaired) electrons. The SMILES string of the molecule is O=[N+]([O-])c1cccc(I)c1OCc1ccccc1. The van der Waals surface area contributed by atoms with Crippen molar-refractivity contribution in [3.63, 3.8) is 0 Å². The molecule has 0 atom stereocenters. The first-order valence-electron chi connectivity index (χ1n) is 5.28. The van der Waals surface area contributed by atoms with Crippen LogP contribution in [0.1, 0.15) is 5.56 Å². The summed E-state index contributed by atoms with van der Waals surface area (Å²) in [5.41, 5.74) is 0.976. The largest absolute Gasteiger partial charge is 0.481 e. The molecule has 0 saturated carbocycles. The van der Waals surface area contributed by atoms with Crippen LogP contribution < -0.4 is 4.74 Å². The Morgan fingerprint density at radius 1 is 1.11 bits per heavy atom. The molecule has 18 heavy (non-hydrogen) atoms. The Bertz CT molecular complexity index is 557. The van der Waals surface area contributed by atoms with Crippen molar-refractivity contribution < 1.29 is 9.66 Å². The highest BCUT2D eigenvalue weighted by Crippen LogP contribution is 2.32. The summed E-state index contributed by atoms with van der Waals surface area (Å²) in [6.07, 6.45) is 0. The molecule has 0 saturated heterocycles. The maximum atomic E-state index is 10.9. The smallest absolute Gasteiger partial charge is 0.312 e. The van der Waals surface area contributed by atoms with Gasteiger partial charge in [0.15, 0.2) is 0 Å². The molecule has 4 nitrogen and oxygen atoms in total. The highest BCUT2D eigenvalue weighted by molar-refractivity contribution is 14.1. The van der Waals surface area contributed by atoms with Crippen LogP contribution in [0, 0.1) is 13.7 Å². The Labute approximate surface area is 118 Å². The predicted molar refractivity (Wildman–Crippen MR) is 76.6 cm³/mol. The molecule has 2 rings (SSSR count). The molecule has 92 valence electrons. The third-order valence-corrected chi connectivity index (χ3v) is 3.22. The Kier molecular flexibility index (Phi) is 4.14. The monoisotopic (exact) mass is 355 g/mol. The fourth-order valence-corrected chi connectivity index (χ4v) is 2.15. The second-order valence-corrected chi connectivity index (χ2v) is 4.78. The standard InChI is InChI=1S/C13H10INO3/c14-11-7-4-8-12(15(16)17)13(11)18-9-10-5-2-1-3-6-10/h1-8H,9H2. The van der Waals surface area contributed by atoms with E-state index in [2.05, 4.69) is 0 Å².